The number of nitrogens with zero attached hydrogens (tertiary/aromatic N) is 1. The van der Waals surface area contributed by atoms with Crippen LogP contribution < -0.4 is 16.0 Å². The van der Waals surface area contributed by atoms with Crippen molar-refractivity contribution in [2.24, 2.45) is 5.84 Å². The molecule has 2 rings (SSSR count). The van der Waals surface area contributed by atoms with Crippen LogP contribution in [0.5, 0.6) is 5.75 Å². The van der Waals surface area contributed by atoms with Crippen molar-refractivity contribution >= 4 is 0 Å². The maximum atomic E-state index is 5.68. The Morgan fingerprint density at radius 1 is 1.22 bits per heavy atom. The van der Waals surface area contributed by atoms with E-state index in [2.05, 4.69) is 23.4 Å². The van der Waals surface area contributed by atoms with E-state index < -0.39 is 0 Å². The molecule has 0 fully saturated rings. The summed E-state index contributed by atoms with van der Waals surface area (Å²) in [4.78, 5) is 4.37. The highest BCUT2D eigenvalue weighted by Gasteiger charge is 2.19. The molecule has 1 heterocycles. The quantitative estimate of drug-likeness (QED) is 0.636. The fourth-order valence-corrected chi connectivity index (χ4v) is 2.02. The fourth-order valence-electron chi connectivity index (χ4n) is 2.02. The van der Waals surface area contributed by atoms with Crippen molar-refractivity contribution < 1.29 is 4.74 Å². The number of hydrogen-bond donors (Lipinski definition) is 2. The first-order valence-corrected chi connectivity index (χ1v) is 5.78. The van der Waals surface area contributed by atoms with E-state index in [-0.39, 0.29) is 6.04 Å². The molecular formula is C14H17N3O. The lowest BCUT2D eigenvalue weighted by Crippen LogP contribution is -2.30. The average Bonchev–Trinajstić information content (AvgIpc) is 2.42. The second-order valence-electron chi connectivity index (χ2n) is 4.05. The maximum absolute atomic E-state index is 5.68. The van der Waals surface area contributed by atoms with Gasteiger partial charge in [0.05, 0.1) is 13.2 Å². The number of nitrogens with one attached hydrogen (secondary N) is 1. The third kappa shape index (κ3) is 2.34. The largest absolute Gasteiger partial charge is 0.495 e. The van der Waals surface area contributed by atoms with Crippen molar-refractivity contribution in [2.45, 2.75) is 13.0 Å². The number of pyridine rings is 1. The molecule has 1 atom stereocenters. The lowest BCUT2D eigenvalue weighted by Gasteiger charge is -2.19. The summed E-state index contributed by atoms with van der Waals surface area (Å²) in [5, 5.41) is 0. The monoisotopic (exact) mass is 243 g/mol. The minimum atomic E-state index is -0.178. The number of hydrogen-bond acceptors (Lipinski definition) is 4. The number of hydrazine groups is 1. The molecule has 1 aromatic heterocycles. The third-order valence-electron chi connectivity index (χ3n) is 2.96. The molecule has 0 bridgehead atoms. The summed E-state index contributed by atoms with van der Waals surface area (Å²) in [5.41, 5.74) is 5.85. The molecule has 0 radical (unpaired) electrons. The van der Waals surface area contributed by atoms with E-state index in [1.807, 2.05) is 30.3 Å². The predicted octanol–water partition coefficient (Wildman–Crippen LogP) is 1.95. The van der Waals surface area contributed by atoms with Crippen molar-refractivity contribution in [3.8, 4) is 5.75 Å². The summed E-state index contributed by atoms with van der Waals surface area (Å²) in [6, 6.07) is 11.6. The first-order chi connectivity index (χ1) is 8.77. The highest BCUT2D eigenvalue weighted by molar-refractivity contribution is 5.39. The van der Waals surface area contributed by atoms with Gasteiger partial charge in [-0.15, -0.1) is 0 Å². The van der Waals surface area contributed by atoms with Crippen LogP contribution in [0.2, 0.25) is 0 Å². The second-order valence-corrected chi connectivity index (χ2v) is 4.05. The molecule has 2 aromatic rings. The Kier molecular flexibility index (Phi) is 3.92. The van der Waals surface area contributed by atoms with Crippen LogP contribution in [0.4, 0.5) is 0 Å². The molecule has 18 heavy (non-hydrogen) atoms. The zero-order chi connectivity index (χ0) is 13.0. The highest BCUT2D eigenvalue weighted by atomic mass is 16.5. The van der Waals surface area contributed by atoms with Crippen LogP contribution in [0.3, 0.4) is 0 Å². The summed E-state index contributed by atoms with van der Waals surface area (Å²) in [6.45, 7) is 2.05. The number of aromatic nitrogens is 1. The van der Waals surface area contributed by atoms with Crippen molar-refractivity contribution in [3.63, 3.8) is 0 Å². The molecule has 0 saturated heterocycles. The summed E-state index contributed by atoms with van der Waals surface area (Å²) in [5.74, 6) is 6.41. The van der Waals surface area contributed by atoms with Gasteiger partial charge in [0.15, 0.2) is 0 Å². The predicted molar refractivity (Wildman–Crippen MR) is 71.1 cm³/mol. The van der Waals surface area contributed by atoms with Gasteiger partial charge in [0.25, 0.3) is 0 Å². The van der Waals surface area contributed by atoms with E-state index in [9.17, 15) is 0 Å². The Balaban J connectivity index is 2.49. The van der Waals surface area contributed by atoms with E-state index in [1.54, 1.807) is 13.3 Å². The van der Waals surface area contributed by atoms with E-state index in [1.165, 1.54) is 0 Å². The number of rotatable bonds is 4. The summed E-state index contributed by atoms with van der Waals surface area (Å²) >= 11 is 0. The van der Waals surface area contributed by atoms with Gasteiger partial charge in [0, 0.05) is 6.20 Å². The van der Waals surface area contributed by atoms with E-state index in [0.29, 0.717) is 0 Å². The molecule has 3 N–H and O–H groups in total. The van der Waals surface area contributed by atoms with Crippen LogP contribution in [-0.4, -0.2) is 12.1 Å². The standard InChI is InChI=1S/C14H17N3O/c1-10-6-3-4-7-11(10)13(17-15)14-12(18-2)8-5-9-16-14/h3-9,13,17H,15H2,1-2H3. The van der Waals surface area contributed by atoms with E-state index in [4.69, 9.17) is 10.6 Å². The SMILES string of the molecule is COc1cccnc1C(NN)c1ccccc1C. The topological polar surface area (TPSA) is 60.2 Å². The van der Waals surface area contributed by atoms with Crippen LogP contribution in [0.1, 0.15) is 22.9 Å². The summed E-state index contributed by atoms with van der Waals surface area (Å²) in [7, 11) is 1.63. The zero-order valence-electron chi connectivity index (χ0n) is 10.6. The first-order valence-electron chi connectivity index (χ1n) is 5.78. The first kappa shape index (κ1) is 12.5. The molecule has 0 aliphatic carbocycles. The lowest BCUT2D eigenvalue weighted by molar-refractivity contribution is 0.400. The number of nitrogens with two attached hydrogens (primary N) is 1. The molecule has 4 nitrogen and oxygen atoms in total. The molecule has 0 aliphatic rings. The maximum Gasteiger partial charge on any atom is 0.142 e. The number of methoxy groups -OCH3 is 1. The van der Waals surface area contributed by atoms with Gasteiger partial charge < -0.3 is 4.74 Å². The van der Waals surface area contributed by atoms with Gasteiger partial charge in [0.2, 0.25) is 0 Å². The fraction of sp³-hybridized carbons (Fsp3) is 0.214. The van der Waals surface area contributed by atoms with Gasteiger partial charge >= 0.3 is 0 Å². The van der Waals surface area contributed by atoms with E-state index >= 15 is 0 Å². The minimum Gasteiger partial charge on any atom is -0.495 e. The molecule has 1 unspecified atom stereocenters. The normalized spacial score (nSPS) is 12.2. The molecule has 1 aromatic carbocycles. The van der Waals surface area contributed by atoms with Crippen LogP contribution in [-0.2, 0) is 0 Å². The Hall–Kier alpha value is -1.91. The summed E-state index contributed by atoms with van der Waals surface area (Å²) < 4.78 is 5.33. The number of ether oxygens (including phenoxy) is 1. The molecular weight excluding hydrogens is 226 g/mol. The Morgan fingerprint density at radius 2 is 2.00 bits per heavy atom. The smallest absolute Gasteiger partial charge is 0.142 e. The summed E-state index contributed by atoms with van der Waals surface area (Å²) in [6.07, 6.45) is 1.74. The molecule has 0 aliphatic heterocycles. The van der Waals surface area contributed by atoms with Crippen LogP contribution in [0.25, 0.3) is 0 Å². The van der Waals surface area contributed by atoms with Gasteiger partial charge in [-0.2, -0.15) is 0 Å². The van der Waals surface area contributed by atoms with Crippen molar-refractivity contribution in [3.05, 3.63) is 59.4 Å². The van der Waals surface area contributed by atoms with E-state index in [0.717, 1.165) is 22.6 Å². The van der Waals surface area contributed by atoms with Gasteiger partial charge in [-0.1, -0.05) is 24.3 Å². The van der Waals surface area contributed by atoms with Crippen LogP contribution in [0.15, 0.2) is 42.6 Å². The molecule has 94 valence electrons. The van der Waals surface area contributed by atoms with Crippen LogP contribution in [0, 0.1) is 6.92 Å². The van der Waals surface area contributed by atoms with Gasteiger partial charge in [-0.25, -0.2) is 5.43 Å². The third-order valence-corrected chi connectivity index (χ3v) is 2.96. The lowest BCUT2D eigenvalue weighted by atomic mass is 9.98. The average molecular weight is 243 g/mol. The van der Waals surface area contributed by atoms with Gasteiger partial charge in [-0.05, 0) is 30.2 Å². The molecule has 0 saturated carbocycles. The van der Waals surface area contributed by atoms with Crippen LogP contribution >= 0.6 is 0 Å². The van der Waals surface area contributed by atoms with Crippen molar-refractivity contribution in [1.82, 2.24) is 10.4 Å². The highest BCUT2D eigenvalue weighted by Crippen LogP contribution is 2.28. The Labute approximate surface area is 107 Å². The molecule has 0 spiro atoms. The Bertz CT molecular complexity index is 528. The zero-order valence-corrected chi connectivity index (χ0v) is 10.6. The minimum absolute atomic E-state index is 0.178. The molecule has 4 heteroatoms. The number of aryl methyl sites for hydroxylation is 1. The molecule has 0 amide bonds. The Morgan fingerprint density at radius 3 is 2.67 bits per heavy atom. The van der Waals surface area contributed by atoms with Gasteiger partial charge in [-0.3, -0.25) is 10.8 Å². The van der Waals surface area contributed by atoms with Gasteiger partial charge in [0.1, 0.15) is 11.4 Å². The van der Waals surface area contributed by atoms with Crippen molar-refractivity contribution in [2.75, 3.05) is 7.11 Å². The number of benzene rings is 1. The second kappa shape index (κ2) is 5.62. The van der Waals surface area contributed by atoms with Crippen molar-refractivity contribution in [1.29, 1.82) is 0 Å².